The highest BCUT2D eigenvalue weighted by atomic mass is 16.5. The Morgan fingerprint density at radius 1 is 1.07 bits per heavy atom. The number of carbonyl (C=O) groups excluding carboxylic acids is 2. The summed E-state index contributed by atoms with van der Waals surface area (Å²) in [6.45, 7) is 0. The van der Waals surface area contributed by atoms with Crippen molar-refractivity contribution in [1.82, 2.24) is 4.98 Å². The molecule has 1 aromatic heterocycles. The molecule has 2 aromatic carbocycles. The van der Waals surface area contributed by atoms with Crippen molar-refractivity contribution < 1.29 is 14.3 Å². The Bertz CT molecular complexity index is 1010. The largest absolute Gasteiger partial charge is 0.467 e. The van der Waals surface area contributed by atoms with Crippen LogP contribution >= 0.6 is 0 Å². The van der Waals surface area contributed by atoms with Gasteiger partial charge in [0.05, 0.1) is 12.8 Å². The maximum absolute atomic E-state index is 12.4. The number of aromatic nitrogens is 1. The van der Waals surface area contributed by atoms with Crippen LogP contribution in [0.3, 0.4) is 0 Å². The summed E-state index contributed by atoms with van der Waals surface area (Å²) >= 11 is 0. The van der Waals surface area contributed by atoms with E-state index >= 15 is 0 Å². The molecule has 7 nitrogen and oxygen atoms in total. The number of methoxy groups -OCH3 is 1. The number of carbonyl (C=O) groups is 2. The van der Waals surface area contributed by atoms with Gasteiger partial charge in [-0.25, -0.2) is 4.79 Å². The van der Waals surface area contributed by atoms with E-state index < -0.39 is 17.9 Å². The van der Waals surface area contributed by atoms with Gasteiger partial charge in [0.2, 0.25) is 5.91 Å². The number of rotatable bonds is 6. The highest BCUT2D eigenvalue weighted by Gasteiger charge is 2.24. The molecule has 3 aromatic rings. The van der Waals surface area contributed by atoms with Crippen LogP contribution in [0, 0.1) is 0 Å². The zero-order valence-corrected chi connectivity index (χ0v) is 15.3. The Balaban J connectivity index is 2.11. The molecule has 142 valence electrons. The van der Waals surface area contributed by atoms with Gasteiger partial charge in [0.15, 0.2) is 6.04 Å². The Morgan fingerprint density at radius 2 is 1.86 bits per heavy atom. The number of ether oxygens (including phenoxy) is 1. The molecule has 5 N–H and O–H groups in total. The maximum atomic E-state index is 12.4. The molecule has 28 heavy (non-hydrogen) atoms. The van der Waals surface area contributed by atoms with Gasteiger partial charge in [-0.2, -0.15) is 0 Å². The summed E-state index contributed by atoms with van der Waals surface area (Å²) in [5.41, 5.74) is 14.9. The standard InChI is InChI=1S/C21H20N4O3/c1-28-21(27)19(25-14-5-4-10-24-12-14)13-8-9-16(20(23)26)17(11-13)15-6-2-3-7-18(15)22/h2-12,19,25H,22H2,1H3,(H2,23,26). The van der Waals surface area contributed by atoms with Gasteiger partial charge < -0.3 is 21.5 Å². The van der Waals surface area contributed by atoms with Crippen molar-refractivity contribution in [3.05, 3.63) is 78.1 Å². The summed E-state index contributed by atoms with van der Waals surface area (Å²) < 4.78 is 4.95. The SMILES string of the molecule is COC(=O)C(Nc1cccnc1)c1ccc(C(N)=O)c(-c2ccccc2N)c1. The fourth-order valence-electron chi connectivity index (χ4n) is 2.93. The third kappa shape index (κ3) is 3.93. The number of esters is 1. The van der Waals surface area contributed by atoms with Gasteiger partial charge in [0.25, 0.3) is 0 Å². The van der Waals surface area contributed by atoms with Crippen molar-refractivity contribution in [3.63, 3.8) is 0 Å². The topological polar surface area (TPSA) is 120 Å². The number of pyridine rings is 1. The zero-order chi connectivity index (χ0) is 20.1. The zero-order valence-electron chi connectivity index (χ0n) is 15.3. The van der Waals surface area contributed by atoms with Crippen LogP contribution in [-0.4, -0.2) is 24.0 Å². The molecule has 0 aliphatic carbocycles. The fourth-order valence-corrected chi connectivity index (χ4v) is 2.93. The Labute approximate surface area is 162 Å². The number of amides is 1. The maximum Gasteiger partial charge on any atom is 0.332 e. The molecule has 0 aliphatic rings. The van der Waals surface area contributed by atoms with Crippen LogP contribution in [0.4, 0.5) is 11.4 Å². The number of hydrogen-bond donors (Lipinski definition) is 3. The Morgan fingerprint density at radius 3 is 2.50 bits per heavy atom. The summed E-state index contributed by atoms with van der Waals surface area (Å²) in [6, 6.07) is 14.8. The third-order valence-electron chi connectivity index (χ3n) is 4.30. The van der Waals surface area contributed by atoms with Crippen molar-refractivity contribution in [2.45, 2.75) is 6.04 Å². The van der Waals surface area contributed by atoms with Gasteiger partial charge in [-0.1, -0.05) is 24.3 Å². The number of para-hydroxylation sites is 1. The summed E-state index contributed by atoms with van der Waals surface area (Å²) in [5.74, 6) is -1.07. The quantitative estimate of drug-likeness (QED) is 0.449. The highest BCUT2D eigenvalue weighted by molar-refractivity contribution is 6.01. The van der Waals surface area contributed by atoms with Crippen LogP contribution in [0.1, 0.15) is 22.0 Å². The van der Waals surface area contributed by atoms with Crippen LogP contribution in [0.5, 0.6) is 0 Å². The van der Waals surface area contributed by atoms with Crippen molar-refractivity contribution in [2.75, 3.05) is 18.2 Å². The van der Waals surface area contributed by atoms with E-state index in [0.717, 1.165) is 0 Å². The first-order valence-electron chi connectivity index (χ1n) is 8.54. The lowest BCUT2D eigenvalue weighted by Gasteiger charge is -2.20. The summed E-state index contributed by atoms with van der Waals surface area (Å²) in [7, 11) is 1.31. The van der Waals surface area contributed by atoms with Gasteiger partial charge in [-0.05, 0) is 41.5 Å². The van der Waals surface area contributed by atoms with Crippen molar-refractivity contribution in [2.24, 2.45) is 5.73 Å². The molecule has 1 unspecified atom stereocenters. The van der Waals surface area contributed by atoms with Crippen LogP contribution in [0.15, 0.2) is 67.0 Å². The number of hydrogen-bond acceptors (Lipinski definition) is 6. The molecule has 7 heteroatoms. The third-order valence-corrected chi connectivity index (χ3v) is 4.30. The second-order valence-electron chi connectivity index (χ2n) is 6.10. The smallest absolute Gasteiger partial charge is 0.332 e. The molecule has 0 saturated carbocycles. The highest BCUT2D eigenvalue weighted by Crippen LogP contribution is 2.32. The minimum atomic E-state index is -0.806. The summed E-state index contributed by atoms with van der Waals surface area (Å²) in [4.78, 5) is 28.4. The number of anilines is 2. The van der Waals surface area contributed by atoms with Gasteiger partial charge in [0, 0.05) is 29.2 Å². The molecule has 0 bridgehead atoms. The van der Waals surface area contributed by atoms with Gasteiger partial charge in [-0.15, -0.1) is 0 Å². The molecule has 0 spiro atoms. The number of benzene rings is 2. The first-order chi connectivity index (χ1) is 13.5. The summed E-state index contributed by atoms with van der Waals surface area (Å²) in [6.07, 6.45) is 3.24. The lowest BCUT2D eigenvalue weighted by Crippen LogP contribution is -2.23. The van der Waals surface area contributed by atoms with E-state index in [1.165, 1.54) is 7.11 Å². The monoisotopic (exact) mass is 376 g/mol. The fraction of sp³-hybridized carbons (Fsp3) is 0.0952. The van der Waals surface area contributed by atoms with E-state index in [2.05, 4.69) is 10.3 Å². The van der Waals surface area contributed by atoms with E-state index in [1.807, 2.05) is 6.07 Å². The Hall–Kier alpha value is -3.87. The predicted octanol–water partition coefficient (Wildman–Crippen LogP) is 2.76. The molecule has 1 atom stereocenters. The second-order valence-corrected chi connectivity index (χ2v) is 6.10. The van der Waals surface area contributed by atoms with Crippen LogP contribution in [0.25, 0.3) is 11.1 Å². The number of nitrogens with one attached hydrogen (secondary N) is 1. The average Bonchev–Trinajstić information content (AvgIpc) is 2.72. The number of nitrogen functional groups attached to an aromatic ring is 1. The lowest BCUT2D eigenvalue weighted by atomic mass is 9.93. The van der Waals surface area contributed by atoms with Crippen LogP contribution in [0.2, 0.25) is 0 Å². The molecule has 1 amide bonds. The van der Waals surface area contributed by atoms with Crippen molar-refractivity contribution in [3.8, 4) is 11.1 Å². The molecule has 0 saturated heterocycles. The van der Waals surface area contributed by atoms with Crippen molar-refractivity contribution in [1.29, 1.82) is 0 Å². The van der Waals surface area contributed by atoms with E-state index in [-0.39, 0.29) is 0 Å². The molecule has 0 fully saturated rings. The normalized spacial score (nSPS) is 11.5. The van der Waals surface area contributed by atoms with Gasteiger partial charge in [0.1, 0.15) is 0 Å². The van der Waals surface area contributed by atoms with Crippen LogP contribution < -0.4 is 16.8 Å². The number of primary amides is 1. The molecular formula is C21H20N4O3. The summed E-state index contributed by atoms with van der Waals surface area (Å²) in [5, 5.41) is 3.10. The van der Waals surface area contributed by atoms with E-state index in [1.54, 1.807) is 60.9 Å². The van der Waals surface area contributed by atoms with E-state index in [0.29, 0.717) is 33.6 Å². The predicted molar refractivity (Wildman–Crippen MR) is 107 cm³/mol. The lowest BCUT2D eigenvalue weighted by molar-refractivity contribution is -0.141. The van der Waals surface area contributed by atoms with E-state index in [4.69, 9.17) is 16.2 Å². The molecule has 3 rings (SSSR count). The van der Waals surface area contributed by atoms with E-state index in [9.17, 15) is 9.59 Å². The molecule has 0 radical (unpaired) electrons. The number of nitrogens with zero attached hydrogens (tertiary/aromatic N) is 1. The van der Waals surface area contributed by atoms with Gasteiger partial charge >= 0.3 is 5.97 Å². The first kappa shape index (κ1) is 18.9. The average molecular weight is 376 g/mol. The number of nitrogens with two attached hydrogens (primary N) is 2. The van der Waals surface area contributed by atoms with Crippen molar-refractivity contribution >= 4 is 23.3 Å². The minimum Gasteiger partial charge on any atom is -0.467 e. The minimum absolute atomic E-state index is 0.312. The second kappa shape index (κ2) is 8.22. The molecule has 0 aliphatic heterocycles. The molecular weight excluding hydrogens is 356 g/mol. The first-order valence-corrected chi connectivity index (χ1v) is 8.54. The van der Waals surface area contributed by atoms with Gasteiger partial charge in [-0.3, -0.25) is 9.78 Å². The van der Waals surface area contributed by atoms with Crippen LogP contribution in [-0.2, 0) is 9.53 Å². The Kier molecular flexibility index (Phi) is 5.55. The molecule has 1 heterocycles.